The fourth-order valence-electron chi connectivity index (χ4n) is 2.96. The van der Waals surface area contributed by atoms with Crippen LogP contribution in [0.3, 0.4) is 0 Å². The van der Waals surface area contributed by atoms with Gasteiger partial charge in [0.15, 0.2) is 11.6 Å². The van der Waals surface area contributed by atoms with Gasteiger partial charge in [-0.2, -0.15) is 27.3 Å². The Hall–Kier alpha value is -3.28. The molecule has 1 atom stereocenters. The molecule has 3 aromatic rings. The maximum atomic E-state index is 13.1. The molecule has 0 fully saturated rings. The number of pyridine rings is 1. The lowest BCUT2D eigenvalue weighted by atomic mass is 10.1. The van der Waals surface area contributed by atoms with E-state index in [2.05, 4.69) is 24.7 Å². The first kappa shape index (κ1) is 23.4. The summed E-state index contributed by atoms with van der Waals surface area (Å²) in [6, 6.07) is 5.71. The SMILES string of the molecule is Cc1cc(C(=O)N[C@@H](C)c2ncnn2-c2ccc(N=S(C)(C)=O)cn2)cc(C(F)(F)F)c1. The lowest BCUT2D eigenvalue weighted by Crippen LogP contribution is -2.29. The summed E-state index contributed by atoms with van der Waals surface area (Å²) in [6.45, 7) is 3.12. The zero-order chi connectivity index (χ0) is 23.7. The van der Waals surface area contributed by atoms with Gasteiger partial charge in [0.1, 0.15) is 6.33 Å². The van der Waals surface area contributed by atoms with E-state index in [1.165, 1.54) is 42.7 Å². The molecular formula is C20H21F3N6O2S. The van der Waals surface area contributed by atoms with E-state index < -0.39 is 33.4 Å². The molecule has 2 aromatic heterocycles. The van der Waals surface area contributed by atoms with Gasteiger partial charge in [-0.25, -0.2) is 14.2 Å². The third kappa shape index (κ3) is 5.69. The van der Waals surface area contributed by atoms with Crippen LogP contribution in [0.25, 0.3) is 5.82 Å². The van der Waals surface area contributed by atoms with Gasteiger partial charge < -0.3 is 5.32 Å². The largest absolute Gasteiger partial charge is 0.416 e. The maximum absolute atomic E-state index is 13.1. The van der Waals surface area contributed by atoms with Crippen LogP contribution in [0.15, 0.2) is 47.2 Å². The third-order valence-electron chi connectivity index (χ3n) is 4.25. The van der Waals surface area contributed by atoms with E-state index in [1.807, 2.05) is 0 Å². The van der Waals surface area contributed by atoms with E-state index in [4.69, 9.17) is 0 Å². The third-order valence-corrected chi connectivity index (χ3v) is 4.90. The van der Waals surface area contributed by atoms with Gasteiger partial charge in [-0.15, -0.1) is 0 Å². The molecule has 8 nitrogen and oxygen atoms in total. The van der Waals surface area contributed by atoms with Gasteiger partial charge in [0.2, 0.25) is 0 Å². The summed E-state index contributed by atoms with van der Waals surface area (Å²) in [4.78, 5) is 21.0. The van der Waals surface area contributed by atoms with E-state index in [0.29, 0.717) is 22.9 Å². The molecule has 0 saturated carbocycles. The Labute approximate surface area is 183 Å². The highest BCUT2D eigenvalue weighted by Crippen LogP contribution is 2.30. The number of nitrogens with zero attached hydrogens (tertiary/aromatic N) is 5. The predicted octanol–water partition coefficient (Wildman–Crippen LogP) is 3.84. The molecule has 0 saturated heterocycles. The molecule has 0 unspecified atom stereocenters. The Bertz CT molecular complexity index is 1250. The fraction of sp³-hybridized carbons (Fsp3) is 0.300. The number of aromatic nitrogens is 4. The van der Waals surface area contributed by atoms with Crippen LogP contribution in [-0.4, -0.2) is 42.4 Å². The number of hydrogen-bond acceptors (Lipinski definition) is 6. The van der Waals surface area contributed by atoms with Gasteiger partial charge in [-0.05, 0) is 49.7 Å². The molecule has 170 valence electrons. The molecule has 12 heteroatoms. The van der Waals surface area contributed by atoms with Crippen LogP contribution >= 0.6 is 0 Å². The van der Waals surface area contributed by atoms with Crippen molar-refractivity contribution < 1.29 is 22.2 Å². The summed E-state index contributed by atoms with van der Waals surface area (Å²) in [5.41, 5.74) is -0.247. The average molecular weight is 466 g/mol. The number of amides is 1. The zero-order valence-corrected chi connectivity index (χ0v) is 18.5. The van der Waals surface area contributed by atoms with Crippen LogP contribution < -0.4 is 5.32 Å². The number of rotatable bonds is 5. The lowest BCUT2D eigenvalue weighted by molar-refractivity contribution is -0.137. The normalized spacial score (nSPS) is 13.0. The standard InChI is InChI=1S/C20H21F3N6O2S/c1-12-7-14(9-15(8-12)20(21,22)23)19(30)27-13(2)18-25-11-26-29(18)17-6-5-16(10-24-17)28-32(3,4)31/h5-11,13H,1-4H3,(H,27,30)/t13-/m0/s1. The van der Waals surface area contributed by atoms with Crippen LogP contribution in [0, 0.1) is 6.92 Å². The van der Waals surface area contributed by atoms with Crippen molar-refractivity contribution in [1.82, 2.24) is 25.1 Å². The smallest absolute Gasteiger partial charge is 0.342 e. The zero-order valence-electron chi connectivity index (χ0n) is 17.7. The van der Waals surface area contributed by atoms with Gasteiger partial charge in [-0.1, -0.05) is 0 Å². The number of halogens is 3. The van der Waals surface area contributed by atoms with Crippen molar-refractivity contribution in [2.75, 3.05) is 12.5 Å². The van der Waals surface area contributed by atoms with E-state index in [1.54, 1.807) is 19.1 Å². The molecule has 0 aliphatic rings. The number of carbonyl (C=O) groups is 1. The molecule has 0 aliphatic carbocycles. The highest BCUT2D eigenvalue weighted by atomic mass is 32.2. The van der Waals surface area contributed by atoms with Gasteiger partial charge in [0.05, 0.1) is 23.5 Å². The molecule has 1 aromatic carbocycles. The topological polar surface area (TPSA) is 102 Å². The van der Waals surface area contributed by atoms with Gasteiger partial charge in [0.25, 0.3) is 5.91 Å². The minimum Gasteiger partial charge on any atom is -0.342 e. The Kier molecular flexibility index (Phi) is 6.35. The summed E-state index contributed by atoms with van der Waals surface area (Å²) >= 11 is 0. The number of alkyl halides is 3. The number of nitrogens with one attached hydrogen (secondary N) is 1. The lowest BCUT2D eigenvalue weighted by Gasteiger charge is -2.16. The molecule has 0 spiro atoms. The van der Waals surface area contributed by atoms with Crippen molar-refractivity contribution in [3.05, 3.63) is 65.4 Å². The summed E-state index contributed by atoms with van der Waals surface area (Å²) in [6.07, 6.45) is 1.17. The summed E-state index contributed by atoms with van der Waals surface area (Å²) in [5, 5.41) is 6.75. The Morgan fingerprint density at radius 2 is 1.91 bits per heavy atom. The van der Waals surface area contributed by atoms with Crippen molar-refractivity contribution >= 4 is 21.3 Å². The van der Waals surface area contributed by atoms with E-state index >= 15 is 0 Å². The second kappa shape index (κ2) is 8.69. The number of hydrogen-bond donors (Lipinski definition) is 1. The average Bonchev–Trinajstić information content (AvgIpc) is 3.16. The molecule has 2 heterocycles. The van der Waals surface area contributed by atoms with Gasteiger partial charge >= 0.3 is 6.18 Å². The maximum Gasteiger partial charge on any atom is 0.416 e. The van der Waals surface area contributed by atoms with Gasteiger partial charge in [0, 0.05) is 27.8 Å². The van der Waals surface area contributed by atoms with E-state index in [9.17, 15) is 22.2 Å². The predicted molar refractivity (Wildman–Crippen MR) is 113 cm³/mol. The Morgan fingerprint density at radius 1 is 1.19 bits per heavy atom. The number of aryl methyl sites for hydroxylation is 1. The first-order valence-corrected chi connectivity index (χ1v) is 11.7. The quantitative estimate of drug-likeness (QED) is 0.616. The van der Waals surface area contributed by atoms with Crippen LogP contribution in [0.2, 0.25) is 0 Å². The van der Waals surface area contributed by atoms with Crippen molar-refractivity contribution in [3.8, 4) is 5.82 Å². The summed E-state index contributed by atoms with van der Waals surface area (Å²) in [7, 11) is -2.34. The van der Waals surface area contributed by atoms with Crippen LogP contribution in [-0.2, 0) is 15.9 Å². The molecule has 32 heavy (non-hydrogen) atoms. The monoisotopic (exact) mass is 466 g/mol. The van der Waals surface area contributed by atoms with Gasteiger partial charge in [-0.3, -0.25) is 4.79 Å². The molecule has 3 rings (SSSR count). The molecule has 1 amide bonds. The minimum absolute atomic E-state index is 0.109. The Balaban J connectivity index is 1.83. The number of carbonyl (C=O) groups excluding carboxylic acids is 1. The second-order valence-electron chi connectivity index (χ2n) is 7.46. The van der Waals surface area contributed by atoms with Crippen molar-refractivity contribution in [2.45, 2.75) is 26.1 Å². The number of benzene rings is 1. The van der Waals surface area contributed by atoms with Crippen LogP contribution in [0.5, 0.6) is 0 Å². The highest BCUT2D eigenvalue weighted by Gasteiger charge is 2.31. The molecule has 0 radical (unpaired) electrons. The molecular weight excluding hydrogens is 445 g/mol. The van der Waals surface area contributed by atoms with Crippen molar-refractivity contribution in [2.24, 2.45) is 4.36 Å². The molecule has 0 aliphatic heterocycles. The first-order chi connectivity index (χ1) is 14.8. The van der Waals surface area contributed by atoms with Crippen LogP contribution in [0.4, 0.5) is 18.9 Å². The second-order valence-corrected chi connectivity index (χ2v) is 10.0. The Morgan fingerprint density at radius 3 is 2.50 bits per heavy atom. The van der Waals surface area contributed by atoms with Crippen molar-refractivity contribution in [3.63, 3.8) is 0 Å². The fourth-order valence-corrected chi connectivity index (χ4v) is 3.57. The minimum atomic E-state index is -4.56. The molecule has 1 N–H and O–H groups in total. The van der Waals surface area contributed by atoms with Crippen LogP contribution in [0.1, 0.15) is 40.3 Å². The van der Waals surface area contributed by atoms with E-state index in [-0.39, 0.29) is 5.56 Å². The molecule has 0 bridgehead atoms. The summed E-state index contributed by atoms with van der Waals surface area (Å²) in [5.74, 6) is 0.0317. The summed E-state index contributed by atoms with van der Waals surface area (Å²) < 4.78 is 56.5. The van der Waals surface area contributed by atoms with E-state index in [0.717, 1.165) is 12.1 Å². The first-order valence-electron chi connectivity index (χ1n) is 9.37. The van der Waals surface area contributed by atoms with Crippen molar-refractivity contribution in [1.29, 1.82) is 0 Å². The highest BCUT2D eigenvalue weighted by molar-refractivity contribution is 7.92.